The van der Waals surface area contributed by atoms with Crippen LogP contribution in [0.25, 0.3) is 0 Å². The van der Waals surface area contributed by atoms with E-state index in [1.165, 1.54) is 25.7 Å². The van der Waals surface area contributed by atoms with Crippen molar-refractivity contribution in [3.05, 3.63) is 30.1 Å². The van der Waals surface area contributed by atoms with E-state index in [-0.39, 0.29) is 0 Å². The summed E-state index contributed by atoms with van der Waals surface area (Å²) in [7, 11) is 0. The number of pyridine rings is 1. The topological polar surface area (TPSA) is 36.4 Å². The first-order chi connectivity index (χ1) is 10.3. The van der Waals surface area contributed by atoms with Gasteiger partial charge in [0.2, 0.25) is 5.91 Å². The molecule has 1 aliphatic carbocycles. The van der Waals surface area contributed by atoms with E-state index in [2.05, 4.69) is 9.88 Å². The lowest BCUT2D eigenvalue weighted by atomic mass is 10.1. The van der Waals surface area contributed by atoms with E-state index >= 15 is 0 Å². The second kappa shape index (κ2) is 7.03. The van der Waals surface area contributed by atoms with Gasteiger partial charge in [0.1, 0.15) is 0 Å². The minimum Gasteiger partial charge on any atom is -0.340 e. The van der Waals surface area contributed by atoms with E-state index in [0.717, 1.165) is 44.2 Å². The van der Waals surface area contributed by atoms with Gasteiger partial charge >= 0.3 is 0 Å². The zero-order chi connectivity index (χ0) is 14.5. The van der Waals surface area contributed by atoms with Crippen molar-refractivity contribution >= 4 is 5.91 Å². The highest BCUT2D eigenvalue weighted by Crippen LogP contribution is 2.24. The first-order valence-electron chi connectivity index (χ1n) is 8.23. The maximum absolute atomic E-state index is 12.3. The van der Waals surface area contributed by atoms with Crippen LogP contribution in [-0.4, -0.2) is 52.9 Å². The molecule has 1 aromatic heterocycles. The van der Waals surface area contributed by atoms with E-state index in [1.807, 2.05) is 23.2 Å². The van der Waals surface area contributed by atoms with Crippen LogP contribution < -0.4 is 0 Å². The van der Waals surface area contributed by atoms with Gasteiger partial charge < -0.3 is 4.90 Å². The Hall–Kier alpha value is -1.42. The zero-order valence-electron chi connectivity index (χ0n) is 12.7. The quantitative estimate of drug-likeness (QED) is 0.851. The van der Waals surface area contributed by atoms with Crippen LogP contribution in [0.2, 0.25) is 0 Å². The van der Waals surface area contributed by atoms with Gasteiger partial charge in [0, 0.05) is 51.0 Å². The van der Waals surface area contributed by atoms with Crippen molar-refractivity contribution in [2.75, 3.05) is 26.2 Å². The summed E-state index contributed by atoms with van der Waals surface area (Å²) in [5, 5.41) is 0. The van der Waals surface area contributed by atoms with Gasteiger partial charge in [-0.25, -0.2) is 0 Å². The van der Waals surface area contributed by atoms with Crippen molar-refractivity contribution in [1.82, 2.24) is 14.8 Å². The van der Waals surface area contributed by atoms with Crippen molar-refractivity contribution in [3.8, 4) is 0 Å². The normalized spacial score (nSPS) is 20.9. The predicted octanol–water partition coefficient (Wildman–Crippen LogP) is 2.10. The van der Waals surface area contributed by atoms with E-state index in [9.17, 15) is 4.79 Å². The molecule has 2 heterocycles. The largest absolute Gasteiger partial charge is 0.340 e. The van der Waals surface area contributed by atoms with Gasteiger partial charge in [-0.3, -0.25) is 14.7 Å². The number of nitrogens with zero attached hydrogens (tertiary/aromatic N) is 3. The molecule has 4 nitrogen and oxygen atoms in total. The Bertz CT molecular complexity index is 448. The number of aryl methyl sites for hydroxylation is 1. The summed E-state index contributed by atoms with van der Waals surface area (Å²) in [6.45, 7) is 3.93. The molecule has 21 heavy (non-hydrogen) atoms. The van der Waals surface area contributed by atoms with Crippen LogP contribution in [0.5, 0.6) is 0 Å². The minimum atomic E-state index is 0.296. The molecule has 0 N–H and O–H groups in total. The standard InChI is InChI=1S/C17H25N3O/c21-17(8-7-15-4-3-9-18-14-15)20-12-10-19(11-13-20)16-5-1-2-6-16/h3-4,9,14,16H,1-2,5-8,10-13H2. The molecular formula is C17H25N3O. The molecule has 4 heteroatoms. The average Bonchev–Trinajstić information content (AvgIpc) is 3.08. The maximum atomic E-state index is 12.3. The highest BCUT2D eigenvalue weighted by Gasteiger charge is 2.27. The number of carbonyl (C=O) groups is 1. The molecule has 0 spiro atoms. The number of amides is 1. The number of rotatable bonds is 4. The summed E-state index contributed by atoms with van der Waals surface area (Å²) >= 11 is 0. The van der Waals surface area contributed by atoms with Crippen molar-refractivity contribution in [2.24, 2.45) is 0 Å². The Kier molecular flexibility index (Phi) is 4.86. The van der Waals surface area contributed by atoms with Crippen LogP contribution in [0.1, 0.15) is 37.7 Å². The van der Waals surface area contributed by atoms with Crippen molar-refractivity contribution in [3.63, 3.8) is 0 Å². The fourth-order valence-electron chi connectivity index (χ4n) is 3.56. The molecule has 114 valence electrons. The van der Waals surface area contributed by atoms with E-state index in [0.29, 0.717) is 12.3 Å². The highest BCUT2D eigenvalue weighted by atomic mass is 16.2. The number of hydrogen-bond acceptors (Lipinski definition) is 3. The summed E-state index contributed by atoms with van der Waals surface area (Å²) in [6.07, 6.45) is 10.5. The molecule has 1 aliphatic heterocycles. The Labute approximate surface area is 127 Å². The lowest BCUT2D eigenvalue weighted by Crippen LogP contribution is -2.51. The molecule has 1 saturated heterocycles. The van der Waals surface area contributed by atoms with Crippen LogP contribution in [0.15, 0.2) is 24.5 Å². The molecule has 0 radical (unpaired) electrons. The molecule has 1 saturated carbocycles. The Balaban J connectivity index is 1.42. The predicted molar refractivity (Wildman–Crippen MR) is 83.0 cm³/mol. The summed E-state index contributed by atoms with van der Waals surface area (Å²) in [5.74, 6) is 0.296. The van der Waals surface area contributed by atoms with Gasteiger partial charge in [-0.15, -0.1) is 0 Å². The van der Waals surface area contributed by atoms with Crippen LogP contribution in [0.3, 0.4) is 0 Å². The minimum absolute atomic E-state index is 0.296. The van der Waals surface area contributed by atoms with E-state index < -0.39 is 0 Å². The number of piperazine rings is 1. The van der Waals surface area contributed by atoms with Gasteiger partial charge in [-0.1, -0.05) is 18.9 Å². The van der Waals surface area contributed by atoms with Crippen molar-refractivity contribution in [1.29, 1.82) is 0 Å². The zero-order valence-corrected chi connectivity index (χ0v) is 12.7. The first-order valence-corrected chi connectivity index (χ1v) is 8.23. The monoisotopic (exact) mass is 287 g/mol. The molecular weight excluding hydrogens is 262 g/mol. The molecule has 1 amide bonds. The van der Waals surface area contributed by atoms with Gasteiger partial charge in [0.15, 0.2) is 0 Å². The third kappa shape index (κ3) is 3.82. The summed E-state index contributed by atoms with van der Waals surface area (Å²) in [6, 6.07) is 4.76. The molecule has 1 aromatic rings. The number of hydrogen-bond donors (Lipinski definition) is 0. The summed E-state index contributed by atoms with van der Waals surface area (Å²) < 4.78 is 0. The SMILES string of the molecule is O=C(CCc1cccnc1)N1CCN(C2CCCC2)CC1. The maximum Gasteiger partial charge on any atom is 0.222 e. The summed E-state index contributed by atoms with van der Waals surface area (Å²) in [5.41, 5.74) is 1.15. The number of carbonyl (C=O) groups excluding carboxylic acids is 1. The van der Waals surface area contributed by atoms with Gasteiger partial charge in [-0.05, 0) is 30.9 Å². The smallest absolute Gasteiger partial charge is 0.222 e. The molecule has 0 unspecified atom stereocenters. The molecule has 0 bridgehead atoms. The van der Waals surface area contributed by atoms with Gasteiger partial charge in [-0.2, -0.15) is 0 Å². The van der Waals surface area contributed by atoms with Gasteiger partial charge in [0.05, 0.1) is 0 Å². The Morgan fingerprint density at radius 1 is 1.19 bits per heavy atom. The van der Waals surface area contributed by atoms with Crippen molar-refractivity contribution < 1.29 is 4.79 Å². The highest BCUT2D eigenvalue weighted by molar-refractivity contribution is 5.76. The first kappa shape index (κ1) is 14.5. The third-order valence-electron chi connectivity index (χ3n) is 4.86. The molecule has 0 aromatic carbocycles. The van der Waals surface area contributed by atoms with E-state index in [1.54, 1.807) is 6.20 Å². The molecule has 2 fully saturated rings. The molecule has 0 atom stereocenters. The second-order valence-corrected chi connectivity index (χ2v) is 6.22. The lowest BCUT2D eigenvalue weighted by molar-refractivity contribution is -0.133. The van der Waals surface area contributed by atoms with E-state index in [4.69, 9.17) is 0 Å². The Morgan fingerprint density at radius 3 is 2.62 bits per heavy atom. The van der Waals surface area contributed by atoms with Crippen LogP contribution >= 0.6 is 0 Å². The Morgan fingerprint density at radius 2 is 1.95 bits per heavy atom. The summed E-state index contributed by atoms with van der Waals surface area (Å²) in [4.78, 5) is 21.0. The van der Waals surface area contributed by atoms with Crippen molar-refractivity contribution in [2.45, 2.75) is 44.6 Å². The lowest BCUT2D eigenvalue weighted by Gasteiger charge is -2.38. The average molecular weight is 287 g/mol. The molecule has 3 rings (SSSR count). The fourth-order valence-corrected chi connectivity index (χ4v) is 3.56. The van der Waals surface area contributed by atoms with Crippen LogP contribution in [0, 0.1) is 0 Å². The molecule has 2 aliphatic rings. The third-order valence-corrected chi connectivity index (χ3v) is 4.86. The second-order valence-electron chi connectivity index (χ2n) is 6.22. The van der Waals surface area contributed by atoms with Gasteiger partial charge in [0.25, 0.3) is 0 Å². The van der Waals surface area contributed by atoms with Crippen LogP contribution in [-0.2, 0) is 11.2 Å². The fraction of sp³-hybridized carbons (Fsp3) is 0.647. The van der Waals surface area contributed by atoms with Crippen LogP contribution in [0.4, 0.5) is 0 Å². The number of aromatic nitrogens is 1.